The van der Waals surface area contributed by atoms with Gasteiger partial charge in [0.1, 0.15) is 10.5 Å². The lowest BCUT2D eigenvalue weighted by atomic mass is 9.94. The number of likely N-dealkylation sites (tertiary alicyclic amines) is 1. The summed E-state index contributed by atoms with van der Waals surface area (Å²) in [6.45, 7) is 13.1. The molecule has 1 aromatic heterocycles. The third-order valence-electron chi connectivity index (χ3n) is 4.04. The molecule has 1 amide bonds. The Morgan fingerprint density at radius 1 is 1.23 bits per heavy atom. The Bertz CT molecular complexity index is 670. The summed E-state index contributed by atoms with van der Waals surface area (Å²) in [5.41, 5.74) is 0.226. The molecule has 1 aromatic rings. The minimum atomic E-state index is -0.504. The number of hydrogen-bond donors (Lipinski definition) is 1. The molecular weight excluding hydrogens is 352 g/mol. The van der Waals surface area contributed by atoms with E-state index in [-0.39, 0.29) is 23.5 Å². The highest BCUT2D eigenvalue weighted by Gasteiger charge is 2.31. The standard InChI is InChI=1S/C19H30N2O4S/c1-18(2,3)14-10-13(15(26-14)16(22)24-7)20-12-8-9-21(11-12)17(23)25-19(4,5)6/h10,12,20H,8-9,11H2,1-7H3/t12-/m0/s1. The van der Waals surface area contributed by atoms with E-state index in [1.165, 1.54) is 18.4 Å². The normalized spacial score (nSPS) is 18.0. The van der Waals surface area contributed by atoms with Gasteiger partial charge in [0, 0.05) is 24.0 Å². The number of thiophene rings is 1. The van der Waals surface area contributed by atoms with Crippen LogP contribution in [0.5, 0.6) is 0 Å². The Hall–Kier alpha value is -1.76. The van der Waals surface area contributed by atoms with Crippen molar-refractivity contribution in [2.45, 2.75) is 65.0 Å². The average molecular weight is 383 g/mol. The van der Waals surface area contributed by atoms with Crippen LogP contribution in [0.2, 0.25) is 0 Å². The van der Waals surface area contributed by atoms with Crippen LogP contribution in [-0.2, 0) is 14.9 Å². The minimum Gasteiger partial charge on any atom is -0.465 e. The lowest BCUT2D eigenvalue weighted by Crippen LogP contribution is -2.36. The molecule has 1 atom stereocenters. The number of amides is 1. The van der Waals surface area contributed by atoms with Crippen molar-refractivity contribution in [3.8, 4) is 0 Å². The van der Waals surface area contributed by atoms with Crippen molar-refractivity contribution in [3.05, 3.63) is 15.8 Å². The zero-order valence-corrected chi connectivity index (χ0v) is 17.6. The highest BCUT2D eigenvalue weighted by Crippen LogP contribution is 2.36. The second-order valence-electron chi connectivity index (χ2n) is 8.65. The lowest BCUT2D eigenvalue weighted by Gasteiger charge is -2.24. The van der Waals surface area contributed by atoms with E-state index in [9.17, 15) is 9.59 Å². The number of methoxy groups -OCH3 is 1. The SMILES string of the molecule is COC(=O)c1sc(C(C)(C)C)cc1N[C@H]1CCN(C(=O)OC(C)(C)C)C1. The van der Waals surface area contributed by atoms with E-state index >= 15 is 0 Å². The van der Waals surface area contributed by atoms with Gasteiger partial charge >= 0.3 is 12.1 Å². The molecule has 7 heteroatoms. The predicted molar refractivity (Wildman–Crippen MR) is 104 cm³/mol. The molecule has 1 aliphatic heterocycles. The molecule has 1 aliphatic rings. The van der Waals surface area contributed by atoms with Gasteiger partial charge in [-0.25, -0.2) is 9.59 Å². The molecule has 2 heterocycles. The fourth-order valence-electron chi connectivity index (χ4n) is 2.70. The molecule has 2 rings (SSSR count). The topological polar surface area (TPSA) is 67.9 Å². The van der Waals surface area contributed by atoms with E-state index in [2.05, 4.69) is 26.1 Å². The maximum atomic E-state index is 12.2. The first kappa shape index (κ1) is 20.6. The maximum Gasteiger partial charge on any atom is 0.410 e. The quantitative estimate of drug-likeness (QED) is 0.792. The van der Waals surface area contributed by atoms with E-state index in [1.54, 1.807) is 4.90 Å². The van der Waals surface area contributed by atoms with Crippen LogP contribution < -0.4 is 5.32 Å². The number of anilines is 1. The number of carbonyl (C=O) groups is 2. The zero-order chi connectivity index (χ0) is 19.7. The van der Waals surface area contributed by atoms with Gasteiger partial charge in [-0.1, -0.05) is 20.8 Å². The van der Waals surface area contributed by atoms with Crippen LogP contribution in [0.3, 0.4) is 0 Å². The number of carbonyl (C=O) groups excluding carboxylic acids is 2. The van der Waals surface area contributed by atoms with Crippen LogP contribution in [-0.4, -0.2) is 48.8 Å². The van der Waals surface area contributed by atoms with Crippen LogP contribution in [0.15, 0.2) is 6.07 Å². The summed E-state index contributed by atoms with van der Waals surface area (Å²) in [4.78, 5) is 27.8. The first-order valence-corrected chi connectivity index (χ1v) is 9.69. The van der Waals surface area contributed by atoms with Gasteiger partial charge in [0.15, 0.2) is 0 Å². The maximum absolute atomic E-state index is 12.2. The Kier molecular flexibility index (Phi) is 5.90. The van der Waals surface area contributed by atoms with Crippen molar-refractivity contribution in [3.63, 3.8) is 0 Å². The van der Waals surface area contributed by atoms with E-state index < -0.39 is 5.60 Å². The van der Waals surface area contributed by atoms with E-state index in [4.69, 9.17) is 9.47 Å². The van der Waals surface area contributed by atoms with Crippen molar-refractivity contribution in [1.82, 2.24) is 4.90 Å². The van der Waals surface area contributed by atoms with Crippen molar-refractivity contribution in [2.75, 3.05) is 25.5 Å². The van der Waals surface area contributed by atoms with Crippen molar-refractivity contribution in [1.29, 1.82) is 0 Å². The summed E-state index contributed by atoms with van der Waals surface area (Å²) >= 11 is 1.46. The van der Waals surface area contributed by atoms with Gasteiger partial charge in [-0.15, -0.1) is 11.3 Å². The number of esters is 1. The molecule has 0 saturated carbocycles. The summed E-state index contributed by atoms with van der Waals surface area (Å²) in [5, 5.41) is 3.43. The molecule has 0 aromatic carbocycles. The van der Waals surface area contributed by atoms with Gasteiger partial charge in [0.25, 0.3) is 0 Å². The average Bonchev–Trinajstić information content (AvgIpc) is 3.11. The summed E-state index contributed by atoms with van der Waals surface area (Å²) in [6, 6.07) is 2.10. The molecule has 1 saturated heterocycles. The van der Waals surface area contributed by atoms with Crippen LogP contribution in [0.25, 0.3) is 0 Å². The Labute approximate surface area is 159 Å². The monoisotopic (exact) mass is 382 g/mol. The van der Waals surface area contributed by atoms with Crippen molar-refractivity contribution < 1.29 is 19.1 Å². The Morgan fingerprint density at radius 3 is 2.42 bits per heavy atom. The first-order valence-electron chi connectivity index (χ1n) is 8.88. The molecule has 0 bridgehead atoms. The number of nitrogens with zero attached hydrogens (tertiary/aromatic N) is 1. The number of nitrogens with one attached hydrogen (secondary N) is 1. The van der Waals surface area contributed by atoms with E-state index in [0.29, 0.717) is 18.0 Å². The van der Waals surface area contributed by atoms with Crippen LogP contribution in [0.4, 0.5) is 10.5 Å². The molecule has 6 nitrogen and oxygen atoms in total. The third kappa shape index (κ3) is 5.13. The number of rotatable bonds is 3. The predicted octanol–water partition coefficient (Wildman–Crippen LogP) is 4.25. The Balaban J connectivity index is 2.10. The summed E-state index contributed by atoms with van der Waals surface area (Å²) in [6.07, 6.45) is 0.510. The Morgan fingerprint density at radius 2 is 1.88 bits per heavy atom. The molecule has 146 valence electrons. The van der Waals surface area contributed by atoms with Gasteiger partial charge in [-0.2, -0.15) is 0 Å². The first-order chi connectivity index (χ1) is 11.9. The fourth-order valence-corrected chi connectivity index (χ4v) is 3.80. The van der Waals surface area contributed by atoms with Gasteiger partial charge in [-0.3, -0.25) is 0 Å². The molecule has 0 radical (unpaired) electrons. The minimum absolute atomic E-state index is 0.0500. The van der Waals surface area contributed by atoms with E-state index in [1.807, 2.05) is 26.8 Å². The number of ether oxygens (including phenoxy) is 2. The number of hydrogen-bond acceptors (Lipinski definition) is 6. The summed E-state index contributed by atoms with van der Waals surface area (Å²) in [7, 11) is 1.39. The van der Waals surface area contributed by atoms with Gasteiger partial charge in [-0.05, 0) is 38.7 Å². The van der Waals surface area contributed by atoms with Crippen LogP contribution in [0.1, 0.15) is 62.5 Å². The van der Waals surface area contributed by atoms with Crippen LogP contribution >= 0.6 is 11.3 Å². The second-order valence-corrected chi connectivity index (χ2v) is 9.70. The van der Waals surface area contributed by atoms with Crippen LogP contribution in [0, 0.1) is 0 Å². The van der Waals surface area contributed by atoms with Gasteiger partial charge in [0.2, 0.25) is 0 Å². The molecule has 0 unspecified atom stereocenters. The fraction of sp³-hybridized carbons (Fsp3) is 0.684. The molecule has 0 aliphatic carbocycles. The summed E-state index contributed by atoms with van der Waals surface area (Å²) in [5.74, 6) is -0.338. The zero-order valence-electron chi connectivity index (χ0n) is 16.8. The highest BCUT2D eigenvalue weighted by molar-refractivity contribution is 7.14. The smallest absolute Gasteiger partial charge is 0.410 e. The molecule has 1 N–H and O–H groups in total. The van der Waals surface area contributed by atoms with Crippen molar-refractivity contribution >= 4 is 29.1 Å². The molecule has 0 spiro atoms. The second kappa shape index (κ2) is 7.47. The third-order valence-corrected chi connectivity index (χ3v) is 5.58. The lowest BCUT2D eigenvalue weighted by molar-refractivity contribution is 0.0293. The van der Waals surface area contributed by atoms with E-state index in [0.717, 1.165) is 17.0 Å². The summed E-state index contributed by atoms with van der Waals surface area (Å²) < 4.78 is 10.4. The molecule has 26 heavy (non-hydrogen) atoms. The molecular formula is C19H30N2O4S. The van der Waals surface area contributed by atoms with Crippen molar-refractivity contribution in [2.24, 2.45) is 0 Å². The highest BCUT2D eigenvalue weighted by atomic mass is 32.1. The largest absolute Gasteiger partial charge is 0.465 e. The molecule has 1 fully saturated rings. The van der Waals surface area contributed by atoms with Gasteiger partial charge in [0.05, 0.1) is 12.8 Å². The van der Waals surface area contributed by atoms with Gasteiger partial charge < -0.3 is 19.7 Å².